The SMILES string of the molecule is Nc1nccnc1Oc1ccc2c(N)c(-c3ccc(NS(=O)(=O)C4CCC4)cc3)n(CC3CC3)c2c1. The molecule has 2 saturated carbocycles. The number of aromatic nitrogens is 3. The van der Waals surface area contributed by atoms with Crippen LogP contribution in [0.4, 0.5) is 17.2 Å². The summed E-state index contributed by atoms with van der Waals surface area (Å²) >= 11 is 0. The number of nitrogen functional groups attached to an aromatic ring is 2. The normalized spacial score (nSPS) is 16.1. The fraction of sp³-hybridized carbons (Fsp3) is 0.308. The molecule has 0 bridgehead atoms. The van der Waals surface area contributed by atoms with E-state index in [4.69, 9.17) is 16.2 Å². The highest BCUT2D eigenvalue weighted by Crippen LogP contribution is 2.42. The average Bonchev–Trinajstić information content (AvgIpc) is 3.59. The predicted molar refractivity (Wildman–Crippen MR) is 141 cm³/mol. The molecule has 0 atom stereocenters. The molecule has 0 radical (unpaired) electrons. The zero-order chi connectivity index (χ0) is 24.9. The van der Waals surface area contributed by atoms with Gasteiger partial charge in [-0.15, -0.1) is 0 Å². The van der Waals surface area contributed by atoms with Gasteiger partial charge in [-0.3, -0.25) is 4.72 Å². The lowest BCUT2D eigenvalue weighted by molar-refractivity contribution is 0.463. The van der Waals surface area contributed by atoms with Gasteiger partial charge >= 0.3 is 0 Å². The first-order valence-electron chi connectivity index (χ1n) is 12.2. The van der Waals surface area contributed by atoms with Crippen LogP contribution >= 0.6 is 0 Å². The van der Waals surface area contributed by atoms with Crippen molar-refractivity contribution in [2.24, 2.45) is 5.92 Å². The third-order valence-electron chi connectivity index (χ3n) is 7.03. The topological polar surface area (TPSA) is 138 Å². The summed E-state index contributed by atoms with van der Waals surface area (Å²) < 4.78 is 35.9. The number of rotatable bonds is 8. The number of ether oxygens (including phenoxy) is 1. The largest absolute Gasteiger partial charge is 0.436 e. The molecule has 10 heteroatoms. The summed E-state index contributed by atoms with van der Waals surface area (Å²) in [7, 11) is -3.34. The minimum Gasteiger partial charge on any atom is -0.436 e. The Bertz CT molecular complexity index is 1540. The molecular weight excluding hydrogens is 476 g/mol. The first-order chi connectivity index (χ1) is 17.4. The highest BCUT2D eigenvalue weighted by Gasteiger charge is 2.31. The molecular formula is C26H28N6O3S. The Morgan fingerprint density at radius 1 is 1.00 bits per heavy atom. The Balaban J connectivity index is 1.36. The summed E-state index contributed by atoms with van der Waals surface area (Å²) in [6.45, 7) is 0.843. The molecule has 6 rings (SSSR count). The Morgan fingerprint density at radius 3 is 2.42 bits per heavy atom. The molecule has 2 aliphatic rings. The molecule has 2 fully saturated rings. The van der Waals surface area contributed by atoms with E-state index in [0.717, 1.165) is 48.0 Å². The number of hydrogen-bond acceptors (Lipinski definition) is 7. The van der Waals surface area contributed by atoms with Crippen molar-refractivity contribution in [3.05, 3.63) is 54.9 Å². The van der Waals surface area contributed by atoms with Gasteiger partial charge in [0.15, 0.2) is 5.82 Å². The summed E-state index contributed by atoms with van der Waals surface area (Å²) in [4.78, 5) is 8.20. The fourth-order valence-corrected chi connectivity index (χ4v) is 6.22. The van der Waals surface area contributed by atoms with E-state index in [1.165, 1.54) is 25.2 Å². The van der Waals surface area contributed by atoms with Crippen molar-refractivity contribution >= 4 is 38.1 Å². The maximum absolute atomic E-state index is 12.5. The van der Waals surface area contributed by atoms with Crippen LogP contribution in [-0.4, -0.2) is 28.2 Å². The van der Waals surface area contributed by atoms with Gasteiger partial charge in [0.25, 0.3) is 5.88 Å². The zero-order valence-electron chi connectivity index (χ0n) is 19.7. The minimum absolute atomic E-state index is 0.221. The van der Waals surface area contributed by atoms with Crippen LogP contribution in [-0.2, 0) is 16.6 Å². The van der Waals surface area contributed by atoms with E-state index in [0.29, 0.717) is 23.0 Å². The molecule has 2 aliphatic carbocycles. The standard InChI is InChI=1S/C26H28N6O3S/c27-23-21-11-10-19(35-26-25(28)29-12-13-30-26)14-22(21)32(15-16-4-5-16)24(23)17-6-8-18(9-7-17)31-36(33,34)20-2-1-3-20/h6-14,16,20,31H,1-5,15,27H2,(H2,28,29). The summed E-state index contributed by atoms with van der Waals surface area (Å²) in [6, 6.07) is 13.2. The highest BCUT2D eigenvalue weighted by atomic mass is 32.2. The number of benzene rings is 2. The first kappa shape index (κ1) is 22.7. The molecule has 9 nitrogen and oxygen atoms in total. The van der Waals surface area contributed by atoms with Crippen LogP contribution < -0.4 is 20.9 Å². The van der Waals surface area contributed by atoms with Crippen LogP contribution in [0, 0.1) is 5.92 Å². The average molecular weight is 505 g/mol. The highest BCUT2D eigenvalue weighted by molar-refractivity contribution is 7.93. The molecule has 36 heavy (non-hydrogen) atoms. The van der Waals surface area contributed by atoms with Crippen molar-refractivity contribution in [2.75, 3.05) is 16.2 Å². The van der Waals surface area contributed by atoms with Gasteiger partial charge < -0.3 is 20.8 Å². The summed E-state index contributed by atoms with van der Waals surface area (Å²) in [6.07, 6.45) is 7.84. The Labute approximate surface area is 209 Å². The van der Waals surface area contributed by atoms with Gasteiger partial charge in [-0.1, -0.05) is 18.6 Å². The smallest absolute Gasteiger partial charge is 0.262 e. The van der Waals surface area contributed by atoms with Crippen molar-refractivity contribution in [1.29, 1.82) is 0 Å². The molecule has 0 saturated heterocycles. The van der Waals surface area contributed by atoms with Crippen molar-refractivity contribution in [1.82, 2.24) is 14.5 Å². The second-order valence-electron chi connectivity index (χ2n) is 9.62. The molecule has 0 unspecified atom stereocenters. The number of sulfonamides is 1. The predicted octanol–water partition coefficient (Wildman–Crippen LogP) is 4.76. The molecule has 5 N–H and O–H groups in total. The summed E-state index contributed by atoms with van der Waals surface area (Å²) in [5, 5.41) is 0.641. The van der Waals surface area contributed by atoms with Gasteiger partial charge in [0, 0.05) is 41.6 Å². The zero-order valence-corrected chi connectivity index (χ0v) is 20.5. The number of nitrogens with one attached hydrogen (secondary N) is 1. The maximum atomic E-state index is 12.5. The minimum atomic E-state index is -3.34. The number of hydrogen-bond donors (Lipinski definition) is 3. The lowest BCUT2D eigenvalue weighted by atomic mass is 10.0. The molecule has 4 aromatic rings. The van der Waals surface area contributed by atoms with Gasteiger partial charge in [0.2, 0.25) is 10.0 Å². The maximum Gasteiger partial charge on any atom is 0.262 e. The van der Waals surface area contributed by atoms with Gasteiger partial charge in [-0.05, 0) is 55.9 Å². The van der Waals surface area contributed by atoms with Gasteiger partial charge in [0.1, 0.15) is 5.75 Å². The lowest BCUT2D eigenvalue weighted by Gasteiger charge is -2.25. The van der Waals surface area contributed by atoms with E-state index >= 15 is 0 Å². The fourth-order valence-electron chi connectivity index (χ4n) is 4.63. The van der Waals surface area contributed by atoms with Gasteiger partial charge in [0.05, 0.1) is 22.1 Å². The van der Waals surface area contributed by atoms with E-state index in [2.05, 4.69) is 19.3 Å². The molecule has 2 heterocycles. The number of nitrogens with zero attached hydrogens (tertiary/aromatic N) is 3. The Kier molecular flexibility index (Phi) is 5.48. The third kappa shape index (κ3) is 4.21. The lowest BCUT2D eigenvalue weighted by Crippen LogP contribution is -2.33. The Hall–Kier alpha value is -3.79. The van der Waals surface area contributed by atoms with Crippen LogP contribution in [0.5, 0.6) is 11.6 Å². The van der Waals surface area contributed by atoms with Crippen molar-refractivity contribution in [3.63, 3.8) is 0 Å². The molecule has 2 aromatic carbocycles. The van der Waals surface area contributed by atoms with Crippen LogP contribution in [0.25, 0.3) is 22.2 Å². The number of anilines is 3. The molecule has 0 aliphatic heterocycles. The second kappa shape index (κ2) is 8.70. The van der Waals surface area contributed by atoms with Gasteiger partial charge in [-0.25, -0.2) is 18.4 Å². The third-order valence-corrected chi connectivity index (χ3v) is 8.90. The van der Waals surface area contributed by atoms with E-state index in [1.54, 1.807) is 12.1 Å². The van der Waals surface area contributed by atoms with Crippen molar-refractivity contribution in [2.45, 2.75) is 43.9 Å². The van der Waals surface area contributed by atoms with Gasteiger partial charge in [-0.2, -0.15) is 0 Å². The number of fused-ring (bicyclic) bond motifs is 1. The molecule has 0 spiro atoms. The van der Waals surface area contributed by atoms with E-state index in [-0.39, 0.29) is 16.9 Å². The summed E-state index contributed by atoms with van der Waals surface area (Å²) in [5.74, 6) is 1.67. The van der Waals surface area contributed by atoms with E-state index in [9.17, 15) is 8.42 Å². The molecule has 0 amide bonds. The number of nitrogens with two attached hydrogens (primary N) is 2. The molecule has 2 aromatic heterocycles. The van der Waals surface area contributed by atoms with E-state index in [1.807, 2.05) is 30.3 Å². The van der Waals surface area contributed by atoms with Crippen molar-refractivity contribution in [3.8, 4) is 22.9 Å². The monoisotopic (exact) mass is 504 g/mol. The van der Waals surface area contributed by atoms with Crippen LogP contribution in [0.3, 0.4) is 0 Å². The van der Waals surface area contributed by atoms with E-state index < -0.39 is 10.0 Å². The van der Waals surface area contributed by atoms with Crippen molar-refractivity contribution < 1.29 is 13.2 Å². The molecule has 186 valence electrons. The summed E-state index contributed by atoms with van der Waals surface area (Å²) in [5.41, 5.74) is 16.6. The van der Waals surface area contributed by atoms with Crippen LogP contribution in [0.2, 0.25) is 0 Å². The van der Waals surface area contributed by atoms with Crippen LogP contribution in [0.1, 0.15) is 32.1 Å². The second-order valence-corrected chi connectivity index (χ2v) is 11.6. The quantitative estimate of drug-likeness (QED) is 0.314. The van der Waals surface area contributed by atoms with Crippen LogP contribution in [0.15, 0.2) is 54.9 Å². The Morgan fingerprint density at radius 2 is 1.75 bits per heavy atom. The first-order valence-corrected chi connectivity index (χ1v) is 13.7.